The number of amides is 2. The van der Waals surface area contributed by atoms with Crippen molar-refractivity contribution in [1.82, 2.24) is 9.97 Å². The minimum atomic E-state index is -0.564. The summed E-state index contributed by atoms with van der Waals surface area (Å²) in [6, 6.07) is 1.06. The van der Waals surface area contributed by atoms with Crippen molar-refractivity contribution < 1.29 is 9.59 Å². The molecule has 2 heterocycles. The van der Waals surface area contributed by atoms with Crippen LogP contribution in [0, 0.1) is 5.92 Å². The molecular formula is C14H20ClN5O2S. The number of nitrogens with two attached hydrogens (primary N) is 2. The number of aromatic amines is 1. The summed E-state index contributed by atoms with van der Waals surface area (Å²) >= 11 is 1.30. The lowest BCUT2D eigenvalue weighted by atomic mass is 10.00. The molecular weight excluding hydrogens is 338 g/mol. The molecule has 9 heteroatoms. The van der Waals surface area contributed by atoms with Crippen molar-refractivity contribution in [2.24, 2.45) is 17.4 Å². The zero-order valence-corrected chi connectivity index (χ0v) is 14.5. The smallest absolute Gasteiger partial charge is 0.265 e. The summed E-state index contributed by atoms with van der Waals surface area (Å²) in [5.74, 6) is -0.682. The van der Waals surface area contributed by atoms with E-state index in [1.54, 1.807) is 17.6 Å². The highest BCUT2D eigenvalue weighted by molar-refractivity contribution is 7.14. The lowest BCUT2D eigenvalue weighted by molar-refractivity contribution is -0.118. The van der Waals surface area contributed by atoms with Gasteiger partial charge in [0.25, 0.3) is 5.91 Å². The second-order valence-corrected chi connectivity index (χ2v) is 5.96. The lowest BCUT2D eigenvalue weighted by Crippen LogP contribution is -2.40. The Kier molecular flexibility index (Phi) is 6.74. The van der Waals surface area contributed by atoms with Crippen molar-refractivity contribution in [3.63, 3.8) is 0 Å². The molecule has 0 fully saturated rings. The molecule has 6 N–H and O–H groups in total. The zero-order chi connectivity index (χ0) is 16.3. The van der Waals surface area contributed by atoms with Crippen molar-refractivity contribution in [2.75, 3.05) is 5.32 Å². The highest BCUT2D eigenvalue weighted by Crippen LogP contribution is 2.25. The van der Waals surface area contributed by atoms with E-state index in [4.69, 9.17) is 11.5 Å². The number of halogens is 1. The van der Waals surface area contributed by atoms with Crippen LogP contribution in [0.25, 0.3) is 11.3 Å². The molecule has 2 rings (SSSR count). The second-order valence-electron chi connectivity index (χ2n) is 5.10. The average molecular weight is 358 g/mol. The molecule has 0 saturated carbocycles. The van der Waals surface area contributed by atoms with Crippen LogP contribution in [-0.2, 0) is 4.79 Å². The maximum absolute atomic E-state index is 12.0. The maximum Gasteiger partial charge on any atom is 0.265 e. The Labute approximate surface area is 144 Å². The second kappa shape index (κ2) is 8.09. The molecule has 0 aliphatic rings. The molecule has 0 aliphatic carbocycles. The maximum atomic E-state index is 12.0. The number of rotatable bonds is 6. The van der Waals surface area contributed by atoms with Gasteiger partial charge in [0.2, 0.25) is 5.91 Å². The van der Waals surface area contributed by atoms with E-state index in [2.05, 4.69) is 15.3 Å². The van der Waals surface area contributed by atoms with Gasteiger partial charge in [0, 0.05) is 17.1 Å². The molecule has 0 aromatic carbocycles. The summed E-state index contributed by atoms with van der Waals surface area (Å²) in [5, 5.41) is 4.98. The minimum absolute atomic E-state index is 0. The molecule has 2 unspecified atom stereocenters. The molecule has 7 nitrogen and oxygen atoms in total. The fourth-order valence-corrected chi connectivity index (χ4v) is 2.57. The summed E-state index contributed by atoms with van der Waals surface area (Å²) in [6.07, 6.45) is 2.47. The third kappa shape index (κ3) is 4.54. The summed E-state index contributed by atoms with van der Waals surface area (Å²) in [5.41, 5.74) is 12.8. The van der Waals surface area contributed by atoms with Gasteiger partial charge in [-0.2, -0.15) is 0 Å². The van der Waals surface area contributed by atoms with E-state index in [1.807, 2.05) is 13.8 Å². The van der Waals surface area contributed by atoms with Crippen LogP contribution in [-0.4, -0.2) is 27.8 Å². The Bertz CT molecular complexity index is 684. The van der Waals surface area contributed by atoms with Gasteiger partial charge in [-0.3, -0.25) is 9.59 Å². The number of nitrogens with zero attached hydrogens (tertiary/aromatic N) is 1. The Morgan fingerprint density at radius 2 is 2.17 bits per heavy atom. The van der Waals surface area contributed by atoms with E-state index in [-0.39, 0.29) is 24.2 Å². The van der Waals surface area contributed by atoms with Crippen molar-refractivity contribution in [2.45, 2.75) is 26.3 Å². The quantitative estimate of drug-likeness (QED) is 0.630. The van der Waals surface area contributed by atoms with Crippen LogP contribution in [0.3, 0.4) is 0 Å². The number of carbonyl (C=O) groups is 2. The van der Waals surface area contributed by atoms with Crippen molar-refractivity contribution in [3.05, 3.63) is 23.3 Å². The SMILES string of the molecule is CCC(C)C(N)C(=O)Nc1nc(-c2c[nH]c(C(N)=O)c2)cs1.Cl. The van der Waals surface area contributed by atoms with Crippen LogP contribution in [0.1, 0.15) is 30.8 Å². The minimum Gasteiger partial charge on any atom is -0.364 e. The number of primary amides is 1. The molecule has 2 amide bonds. The van der Waals surface area contributed by atoms with Crippen LogP contribution in [0.15, 0.2) is 17.6 Å². The highest BCUT2D eigenvalue weighted by Gasteiger charge is 2.20. The van der Waals surface area contributed by atoms with Crippen LogP contribution < -0.4 is 16.8 Å². The molecule has 0 bridgehead atoms. The molecule has 2 atom stereocenters. The van der Waals surface area contributed by atoms with Crippen molar-refractivity contribution >= 4 is 40.7 Å². The molecule has 0 radical (unpaired) electrons. The van der Waals surface area contributed by atoms with Crippen LogP contribution in [0.5, 0.6) is 0 Å². The first-order valence-corrected chi connectivity index (χ1v) is 7.81. The number of H-pyrrole nitrogens is 1. The summed E-state index contributed by atoms with van der Waals surface area (Å²) in [6.45, 7) is 3.92. The van der Waals surface area contributed by atoms with Gasteiger partial charge in [0.05, 0.1) is 11.7 Å². The van der Waals surface area contributed by atoms with Crippen molar-refractivity contribution in [3.8, 4) is 11.3 Å². The summed E-state index contributed by atoms with van der Waals surface area (Å²) < 4.78 is 0. The van der Waals surface area contributed by atoms with E-state index >= 15 is 0 Å². The first kappa shape index (κ1) is 19.1. The van der Waals surface area contributed by atoms with Gasteiger partial charge in [-0.1, -0.05) is 20.3 Å². The van der Waals surface area contributed by atoms with E-state index in [0.717, 1.165) is 12.0 Å². The molecule has 0 saturated heterocycles. The highest BCUT2D eigenvalue weighted by atomic mass is 35.5. The standard InChI is InChI=1S/C14H19N5O2S.ClH/c1-3-7(2)11(15)13(21)19-14-18-10(6-22-14)8-4-9(12(16)20)17-5-8;/h4-7,11,17H,3,15H2,1-2H3,(H2,16,20)(H,18,19,21);1H. The largest absolute Gasteiger partial charge is 0.364 e. The van der Waals surface area contributed by atoms with E-state index < -0.39 is 11.9 Å². The fraction of sp³-hybridized carbons (Fsp3) is 0.357. The van der Waals surface area contributed by atoms with E-state index in [0.29, 0.717) is 16.5 Å². The van der Waals surface area contributed by atoms with Crippen molar-refractivity contribution in [1.29, 1.82) is 0 Å². The lowest BCUT2D eigenvalue weighted by Gasteiger charge is -2.16. The van der Waals surface area contributed by atoms with Crippen LogP contribution in [0.2, 0.25) is 0 Å². The number of thiazole rings is 1. The zero-order valence-electron chi connectivity index (χ0n) is 12.8. The predicted molar refractivity (Wildman–Crippen MR) is 93.7 cm³/mol. The molecule has 0 spiro atoms. The molecule has 2 aromatic rings. The Balaban J connectivity index is 0.00000264. The van der Waals surface area contributed by atoms with E-state index in [9.17, 15) is 9.59 Å². The summed E-state index contributed by atoms with van der Waals surface area (Å²) in [4.78, 5) is 30.2. The molecule has 0 aliphatic heterocycles. The van der Waals surface area contributed by atoms with Gasteiger partial charge in [0.15, 0.2) is 5.13 Å². The number of carbonyl (C=O) groups excluding carboxylic acids is 2. The van der Waals surface area contributed by atoms with Gasteiger partial charge in [-0.25, -0.2) is 4.98 Å². The van der Waals surface area contributed by atoms with Crippen LogP contribution >= 0.6 is 23.7 Å². The Morgan fingerprint density at radius 1 is 1.48 bits per heavy atom. The monoisotopic (exact) mass is 357 g/mol. The number of aromatic nitrogens is 2. The van der Waals surface area contributed by atoms with Gasteiger partial charge in [-0.15, -0.1) is 23.7 Å². The number of hydrogen-bond acceptors (Lipinski definition) is 5. The van der Waals surface area contributed by atoms with Gasteiger partial charge in [-0.05, 0) is 12.0 Å². The number of anilines is 1. The fourth-order valence-electron chi connectivity index (χ4n) is 1.85. The van der Waals surface area contributed by atoms with Crippen LogP contribution in [0.4, 0.5) is 5.13 Å². The van der Waals surface area contributed by atoms with Gasteiger partial charge >= 0.3 is 0 Å². The third-order valence-electron chi connectivity index (χ3n) is 3.54. The number of nitrogens with one attached hydrogen (secondary N) is 2. The number of hydrogen-bond donors (Lipinski definition) is 4. The first-order valence-electron chi connectivity index (χ1n) is 6.93. The Hall–Kier alpha value is -1.90. The molecule has 2 aromatic heterocycles. The Morgan fingerprint density at radius 3 is 2.74 bits per heavy atom. The molecule has 126 valence electrons. The topological polar surface area (TPSA) is 127 Å². The van der Waals surface area contributed by atoms with E-state index in [1.165, 1.54) is 11.3 Å². The van der Waals surface area contributed by atoms with Gasteiger partial charge < -0.3 is 21.8 Å². The third-order valence-corrected chi connectivity index (χ3v) is 4.30. The molecule has 23 heavy (non-hydrogen) atoms. The summed E-state index contributed by atoms with van der Waals surface area (Å²) in [7, 11) is 0. The predicted octanol–water partition coefficient (Wildman–Crippen LogP) is 1.97. The first-order chi connectivity index (χ1) is 10.4. The average Bonchev–Trinajstić information content (AvgIpc) is 3.13. The van der Waals surface area contributed by atoms with Gasteiger partial charge in [0.1, 0.15) is 5.69 Å². The normalized spacial score (nSPS) is 13.0.